The van der Waals surface area contributed by atoms with Gasteiger partial charge in [-0.1, -0.05) is 52.0 Å². The predicted molar refractivity (Wildman–Crippen MR) is 70.1 cm³/mol. The number of carbonyl (C=O) groups excluding carboxylic acids is 1. The largest absolute Gasteiger partial charge is 0.355 e. The van der Waals surface area contributed by atoms with Crippen LogP contribution in [0.5, 0.6) is 0 Å². The van der Waals surface area contributed by atoms with Crippen molar-refractivity contribution in [1.29, 1.82) is 0 Å². The van der Waals surface area contributed by atoms with Gasteiger partial charge < -0.3 is 5.32 Å². The summed E-state index contributed by atoms with van der Waals surface area (Å²) in [4.78, 5) is 11.3. The van der Waals surface area contributed by atoms with Crippen LogP contribution < -0.4 is 5.32 Å². The van der Waals surface area contributed by atoms with Crippen LogP contribution in [0.2, 0.25) is 0 Å². The summed E-state index contributed by atoms with van der Waals surface area (Å²) < 4.78 is 0. The molecule has 1 amide bonds. The van der Waals surface area contributed by atoms with Crippen molar-refractivity contribution in [3.05, 3.63) is 35.4 Å². The maximum absolute atomic E-state index is 11.3. The summed E-state index contributed by atoms with van der Waals surface area (Å²) in [6.07, 6.45) is 0.599. The van der Waals surface area contributed by atoms with Gasteiger partial charge in [-0.25, -0.2) is 0 Å². The van der Waals surface area contributed by atoms with Crippen LogP contribution in [0.15, 0.2) is 24.3 Å². The van der Waals surface area contributed by atoms with Gasteiger partial charge in [0.15, 0.2) is 0 Å². The molecule has 0 aliphatic carbocycles. The Morgan fingerprint density at radius 2 is 1.76 bits per heavy atom. The second-order valence-corrected chi connectivity index (χ2v) is 6.34. The van der Waals surface area contributed by atoms with Gasteiger partial charge in [0.25, 0.3) is 0 Å². The van der Waals surface area contributed by atoms with Crippen LogP contribution in [-0.2, 0) is 15.6 Å². The van der Waals surface area contributed by atoms with Gasteiger partial charge >= 0.3 is 0 Å². The van der Waals surface area contributed by atoms with Crippen molar-refractivity contribution < 1.29 is 4.79 Å². The van der Waals surface area contributed by atoms with Crippen molar-refractivity contribution in [3.8, 4) is 0 Å². The maximum atomic E-state index is 11.3. The first-order valence-electron chi connectivity index (χ1n) is 6.19. The zero-order valence-electron chi connectivity index (χ0n) is 11.1. The van der Waals surface area contributed by atoms with Gasteiger partial charge in [-0.2, -0.15) is 0 Å². The molecule has 0 saturated carbocycles. The molecule has 2 rings (SSSR count). The smallest absolute Gasteiger partial charge is 0.220 e. The minimum absolute atomic E-state index is 0.0342. The second-order valence-electron chi connectivity index (χ2n) is 6.34. The van der Waals surface area contributed by atoms with Gasteiger partial charge in [-0.3, -0.25) is 4.79 Å². The summed E-state index contributed by atoms with van der Waals surface area (Å²) in [6, 6.07) is 8.70. The van der Waals surface area contributed by atoms with Crippen LogP contribution in [0, 0.1) is 0 Å². The molecule has 1 unspecified atom stereocenters. The Bertz CT molecular complexity index is 427. The molecule has 0 spiro atoms. The van der Waals surface area contributed by atoms with Crippen LogP contribution in [-0.4, -0.2) is 12.5 Å². The van der Waals surface area contributed by atoms with Crippen molar-refractivity contribution in [3.63, 3.8) is 0 Å². The van der Waals surface area contributed by atoms with E-state index in [1.165, 1.54) is 11.1 Å². The van der Waals surface area contributed by atoms with E-state index < -0.39 is 0 Å². The van der Waals surface area contributed by atoms with Gasteiger partial charge in [-0.05, 0) is 16.5 Å². The zero-order valence-corrected chi connectivity index (χ0v) is 11.1. The highest BCUT2D eigenvalue weighted by atomic mass is 16.1. The topological polar surface area (TPSA) is 29.1 Å². The quantitative estimate of drug-likeness (QED) is 0.791. The Kier molecular flexibility index (Phi) is 2.76. The number of hydrogen-bond acceptors (Lipinski definition) is 1. The van der Waals surface area contributed by atoms with E-state index in [1.807, 2.05) is 0 Å². The standard InChI is InChI=1S/C15H21NO/c1-14(2,3)11-5-7-12(8-6-11)15(4)9-13(17)16-10-15/h5-8H,9-10H2,1-4H3,(H,16,17). The molecular weight excluding hydrogens is 210 g/mol. The zero-order chi connectivity index (χ0) is 12.7. The van der Waals surface area contributed by atoms with E-state index in [0.29, 0.717) is 6.42 Å². The lowest BCUT2D eigenvalue weighted by atomic mass is 9.79. The molecular formula is C15H21NO. The molecule has 1 aromatic rings. The first kappa shape index (κ1) is 12.2. The number of amides is 1. The van der Waals surface area contributed by atoms with Crippen LogP contribution in [0.4, 0.5) is 0 Å². The Hall–Kier alpha value is -1.31. The van der Waals surface area contributed by atoms with E-state index >= 15 is 0 Å². The maximum Gasteiger partial charge on any atom is 0.220 e. The molecule has 0 bridgehead atoms. The number of carbonyl (C=O) groups is 1. The average molecular weight is 231 g/mol. The molecule has 1 fully saturated rings. The van der Waals surface area contributed by atoms with Gasteiger partial charge in [0.1, 0.15) is 0 Å². The molecule has 92 valence electrons. The average Bonchev–Trinajstić information content (AvgIpc) is 2.59. The molecule has 1 aromatic carbocycles. The Balaban J connectivity index is 2.27. The Labute approximate surface area is 103 Å². The second kappa shape index (κ2) is 3.86. The van der Waals surface area contributed by atoms with Crippen molar-refractivity contribution in [2.75, 3.05) is 6.54 Å². The van der Waals surface area contributed by atoms with Crippen LogP contribution in [0.3, 0.4) is 0 Å². The SMILES string of the molecule is CC(C)(C)c1ccc(C2(C)CNC(=O)C2)cc1. The fourth-order valence-electron chi connectivity index (χ4n) is 2.35. The highest BCUT2D eigenvalue weighted by Gasteiger charge is 2.35. The molecule has 1 aliphatic rings. The van der Waals surface area contributed by atoms with Crippen LogP contribution in [0.25, 0.3) is 0 Å². The predicted octanol–water partition coefficient (Wildman–Crippen LogP) is 2.76. The number of rotatable bonds is 1. The highest BCUT2D eigenvalue weighted by Crippen LogP contribution is 2.32. The monoisotopic (exact) mass is 231 g/mol. The van der Waals surface area contributed by atoms with E-state index in [1.54, 1.807) is 0 Å². The number of hydrogen-bond donors (Lipinski definition) is 1. The van der Waals surface area contributed by atoms with Crippen LogP contribution >= 0.6 is 0 Å². The van der Waals surface area contributed by atoms with Crippen molar-refractivity contribution >= 4 is 5.91 Å². The first-order chi connectivity index (χ1) is 7.81. The van der Waals surface area contributed by atoms with E-state index in [2.05, 4.69) is 57.3 Å². The molecule has 1 atom stereocenters. The van der Waals surface area contributed by atoms with Crippen LogP contribution in [0.1, 0.15) is 45.2 Å². The van der Waals surface area contributed by atoms with E-state index in [9.17, 15) is 4.79 Å². The lowest BCUT2D eigenvalue weighted by Gasteiger charge is -2.24. The third-order valence-electron chi connectivity index (χ3n) is 3.67. The third-order valence-corrected chi connectivity index (χ3v) is 3.67. The van der Waals surface area contributed by atoms with Crippen molar-refractivity contribution in [2.45, 2.75) is 44.9 Å². The summed E-state index contributed by atoms with van der Waals surface area (Å²) in [6.45, 7) is 9.54. The van der Waals surface area contributed by atoms with Gasteiger partial charge in [-0.15, -0.1) is 0 Å². The van der Waals surface area contributed by atoms with E-state index in [0.717, 1.165) is 6.54 Å². The summed E-state index contributed by atoms with van der Waals surface area (Å²) in [5.74, 6) is 0.160. The fraction of sp³-hybridized carbons (Fsp3) is 0.533. The lowest BCUT2D eigenvalue weighted by molar-refractivity contribution is -0.119. The summed E-state index contributed by atoms with van der Waals surface area (Å²) >= 11 is 0. The summed E-state index contributed by atoms with van der Waals surface area (Å²) in [7, 11) is 0. The molecule has 1 saturated heterocycles. The molecule has 0 radical (unpaired) electrons. The molecule has 2 nitrogen and oxygen atoms in total. The highest BCUT2D eigenvalue weighted by molar-refractivity contribution is 5.80. The van der Waals surface area contributed by atoms with E-state index in [4.69, 9.17) is 0 Å². The molecule has 1 aliphatic heterocycles. The van der Waals surface area contributed by atoms with E-state index in [-0.39, 0.29) is 16.7 Å². The van der Waals surface area contributed by atoms with Gasteiger partial charge in [0.05, 0.1) is 0 Å². The molecule has 1 heterocycles. The normalized spacial score (nSPS) is 24.8. The molecule has 17 heavy (non-hydrogen) atoms. The molecule has 0 aromatic heterocycles. The number of benzene rings is 1. The van der Waals surface area contributed by atoms with Gasteiger partial charge in [0, 0.05) is 18.4 Å². The Morgan fingerprint density at radius 3 is 2.18 bits per heavy atom. The van der Waals surface area contributed by atoms with Crippen molar-refractivity contribution in [2.24, 2.45) is 0 Å². The Morgan fingerprint density at radius 1 is 1.18 bits per heavy atom. The molecule has 1 N–H and O–H groups in total. The minimum atomic E-state index is -0.0342. The molecule has 2 heteroatoms. The minimum Gasteiger partial charge on any atom is -0.355 e. The third kappa shape index (κ3) is 2.36. The summed E-state index contributed by atoms with van der Waals surface area (Å²) in [5.41, 5.74) is 2.74. The number of nitrogens with one attached hydrogen (secondary N) is 1. The summed E-state index contributed by atoms with van der Waals surface area (Å²) in [5, 5.41) is 2.91. The van der Waals surface area contributed by atoms with Gasteiger partial charge in [0.2, 0.25) is 5.91 Å². The fourth-order valence-corrected chi connectivity index (χ4v) is 2.35. The van der Waals surface area contributed by atoms with Crippen molar-refractivity contribution in [1.82, 2.24) is 5.32 Å². The lowest BCUT2D eigenvalue weighted by Crippen LogP contribution is -2.25. The first-order valence-corrected chi connectivity index (χ1v) is 6.19.